The standard InChI is InChI=1S/C20H29N3O3.ClH/c1-25-20(14-7-8-22-18(10-14)19(21)24)15-4-2-5-16(20)12-23(11-15)17-6-3-9-26-13-17;/h7-8,10,15-17H,2-6,9,11-13H2,1H3,(H2,21,24);1H/t15-,16+,17-,20?;/m1./s1. The minimum atomic E-state index is -0.486. The van der Waals surface area contributed by atoms with Crippen LogP contribution in [0.5, 0.6) is 0 Å². The molecule has 7 heteroatoms. The number of pyridine rings is 1. The first-order valence-corrected chi connectivity index (χ1v) is 9.78. The Morgan fingerprint density at radius 1 is 1.30 bits per heavy atom. The number of hydrogen-bond acceptors (Lipinski definition) is 5. The summed E-state index contributed by atoms with van der Waals surface area (Å²) >= 11 is 0. The highest BCUT2D eigenvalue weighted by molar-refractivity contribution is 5.90. The van der Waals surface area contributed by atoms with Crippen LogP contribution in [0.15, 0.2) is 18.3 Å². The average molecular weight is 396 g/mol. The van der Waals surface area contributed by atoms with Crippen molar-refractivity contribution in [3.05, 3.63) is 29.6 Å². The van der Waals surface area contributed by atoms with Crippen molar-refractivity contribution in [2.75, 3.05) is 33.4 Å². The highest BCUT2D eigenvalue weighted by Gasteiger charge is 2.54. The van der Waals surface area contributed by atoms with Crippen LogP contribution in [0.4, 0.5) is 0 Å². The summed E-state index contributed by atoms with van der Waals surface area (Å²) in [6.45, 7) is 3.78. The van der Waals surface area contributed by atoms with Gasteiger partial charge in [-0.1, -0.05) is 6.42 Å². The molecule has 4 atom stereocenters. The van der Waals surface area contributed by atoms with Gasteiger partial charge in [-0.05, 0) is 43.4 Å². The van der Waals surface area contributed by atoms with Crippen molar-refractivity contribution < 1.29 is 14.3 Å². The van der Waals surface area contributed by atoms with Crippen LogP contribution in [0.2, 0.25) is 0 Å². The number of ether oxygens (including phenoxy) is 2. The monoisotopic (exact) mass is 395 g/mol. The molecule has 1 aromatic heterocycles. The van der Waals surface area contributed by atoms with E-state index >= 15 is 0 Å². The SMILES string of the molecule is COC1(c2ccnc(C(N)=O)c2)[C@@H]2CCC[C@H]1CN([C@@H]1CCCOC1)C2.Cl. The third-order valence-corrected chi connectivity index (χ3v) is 6.68. The molecule has 3 aliphatic rings. The number of amides is 1. The molecule has 1 aromatic rings. The van der Waals surface area contributed by atoms with E-state index in [2.05, 4.69) is 9.88 Å². The number of methoxy groups -OCH3 is 1. The number of rotatable bonds is 4. The number of aromatic nitrogens is 1. The van der Waals surface area contributed by atoms with E-state index in [-0.39, 0.29) is 18.0 Å². The molecule has 1 aliphatic carbocycles. The number of likely N-dealkylation sites (tertiary alicyclic amines) is 1. The van der Waals surface area contributed by atoms with Gasteiger partial charge in [0.15, 0.2) is 0 Å². The van der Waals surface area contributed by atoms with E-state index in [9.17, 15) is 4.79 Å². The van der Waals surface area contributed by atoms with Crippen LogP contribution >= 0.6 is 12.4 Å². The summed E-state index contributed by atoms with van der Waals surface area (Å²) in [6.07, 6.45) is 7.58. The van der Waals surface area contributed by atoms with Gasteiger partial charge >= 0.3 is 0 Å². The van der Waals surface area contributed by atoms with Crippen molar-refractivity contribution in [1.82, 2.24) is 9.88 Å². The molecule has 2 aliphatic heterocycles. The molecule has 0 spiro atoms. The fourth-order valence-electron chi connectivity index (χ4n) is 5.51. The lowest BCUT2D eigenvalue weighted by atomic mass is 9.62. The smallest absolute Gasteiger partial charge is 0.267 e. The van der Waals surface area contributed by atoms with Gasteiger partial charge in [-0.25, -0.2) is 0 Å². The summed E-state index contributed by atoms with van der Waals surface area (Å²) in [5, 5.41) is 0. The molecule has 2 N–H and O–H groups in total. The molecule has 150 valence electrons. The Morgan fingerprint density at radius 3 is 2.63 bits per heavy atom. The third kappa shape index (κ3) is 3.60. The van der Waals surface area contributed by atoms with Crippen LogP contribution in [0, 0.1) is 11.8 Å². The van der Waals surface area contributed by atoms with Gasteiger partial charge in [0, 0.05) is 50.9 Å². The number of carbonyl (C=O) groups excluding carboxylic acids is 1. The molecule has 6 nitrogen and oxygen atoms in total. The number of piperidine rings is 1. The number of primary amides is 1. The topological polar surface area (TPSA) is 77.7 Å². The Balaban J connectivity index is 0.00000210. The molecule has 3 heterocycles. The molecule has 1 amide bonds. The molecular formula is C20H30ClN3O3. The first-order valence-electron chi connectivity index (χ1n) is 9.78. The van der Waals surface area contributed by atoms with Gasteiger partial charge in [-0.15, -0.1) is 12.4 Å². The van der Waals surface area contributed by atoms with Gasteiger partial charge in [0.25, 0.3) is 5.91 Å². The Kier molecular flexibility index (Phi) is 6.41. The van der Waals surface area contributed by atoms with Crippen molar-refractivity contribution >= 4 is 18.3 Å². The van der Waals surface area contributed by atoms with Gasteiger partial charge in [-0.2, -0.15) is 0 Å². The Labute approximate surface area is 167 Å². The highest BCUT2D eigenvalue weighted by atomic mass is 35.5. The van der Waals surface area contributed by atoms with Gasteiger partial charge in [0.05, 0.1) is 6.61 Å². The van der Waals surface area contributed by atoms with E-state index in [1.54, 1.807) is 6.20 Å². The molecule has 0 aromatic carbocycles. The zero-order chi connectivity index (χ0) is 18.1. The molecule has 1 unspecified atom stereocenters. The van der Waals surface area contributed by atoms with Crippen LogP contribution in [0.3, 0.4) is 0 Å². The van der Waals surface area contributed by atoms with Gasteiger partial charge < -0.3 is 15.2 Å². The fourth-order valence-corrected chi connectivity index (χ4v) is 5.51. The molecule has 1 saturated carbocycles. The molecule has 27 heavy (non-hydrogen) atoms. The first kappa shape index (κ1) is 20.5. The lowest BCUT2D eigenvalue weighted by Gasteiger charge is -2.57. The number of carbonyl (C=O) groups is 1. The maximum absolute atomic E-state index is 11.6. The Bertz CT molecular complexity index is 652. The number of hydrogen-bond donors (Lipinski definition) is 1. The summed E-state index contributed by atoms with van der Waals surface area (Å²) in [5.74, 6) is 0.329. The summed E-state index contributed by atoms with van der Waals surface area (Å²) in [7, 11) is 1.81. The summed E-state index contributed by atoms with van der Waals surface area (Å²) in [4.78, 5) is 18.4. The predicted octanol–water partition coefficient (Wildman–Crippen LogP) is 2.35. The maximum atomic E-state index is 11.6. The van der Waals surface area contributed by atoms with Crippen LogP contribution in [-0.2, 0) is 15.1 Å². The first-order chi connectivity index (χ1) is 12.6. The Morgan fingerprint density at radius 2 is 2.04 bits per heavy atom. The number of halogens is 1. The molecular weight excluding hydrogens is 366 g/mol. The van der Waals surface area contributed by atoms with Crippen molar-refractivity contribution in [1.29, 1.82) is 0 Å². The van der Waals surface area contributed by atoms with Crippen molar-refractivity contribution in [3.63, 3.8) is 0 Å². The van der Waals surface area contributed by atoms with E-state index in [1.165, 1.54) is 12.8 Å². The summed E-state index contributed by atoms with van der Waals surface area (Å²) in [6, 6.07) is 4.37. The predicted molar refractivity (Wildman–Crippen MR) is 105 cm³/mol. The largest absolute Gasteiger partial charge is 0.380 e. The minimum absolute atomic E-state index is 0. The molecule has 2 saturated heterocycles. The zero-order valence-electron chi connectivity index (χ0n) is 15.9. The second kappa shape index (κ2) is 8.43. The molecule has 4 rings (SSSR count). The summed E-state index contributed by atoms with van der Waals surface area (Å²) in [5.41, 5.74) is 6.49. The number of nitrogens with zero attached hydrogens (tertiary/aromatic N) is 2. The van der Waals surface area contributed by atoms with Crippen LogP contribution in [0.1, 0.15) is 48.2 Å². The molecule has 0 radical (unpaired) electrons. The van der Waals surface area contributed by atoms with E-state index in [0.29, 0.717) is 23.6 Å². The van der Waals surface area contributed by atoms with Gasteiger partial charge in [-0.3, -0.25) is 14.7 Å². The molecule has 2 bridgehead atoms. The van der Waals surface area contributed by atoms with E-state index in [4.69, 9.17) is 15.2 Å². The second-order valence-corrected chi connectivity index (χ2v) is 7.94. The molecule has 3 fully saturated rings. The van der Waals surface area contributed by atoms with Crippen LogP contribution < -0.4 is 5.73 Å². The number of nitrogens with two attached hydrogens (primary N) is 1. The Hall–Kier alpha value is -1.21. The van der Waals surface area contributed by atoms with Crippen molar-refractivity contribution in [3.8, 4) is 0 Å². The average Bonchev–Trinajstić information content (AvgIpc) is 2.67. The van der Waals surface area contributed by atoms with Gasteiger partial charge in [0.1, 0.15) is 11.3 Å². The van der Waals surface area contributed by atoms with E-state index in [1.807, 2.05) is 19.2 Å². The number of fused-ring (bicyclic) bond motifs is 2. The maximum Gasteiger partial charge on any atom is 0.267 e. The van der Waals surface area contributed by atoms with Gasteiger partial charge in [0.2, 0.25) is 0 Å². The second-order valence-electron chi connectivity index (χ2n) is 7.94. The van der Waals surface area contributed by atoms with Crippen molar-refractivity contribution in [2.24, 2.45) is 17.6 Å². The lowest BCUT2D eigenvalue weighted by Crippen LogP contribution is -2.61. The van der Waals surface area contributed by atoms with Crippen LogP contribution in [0.25, 0.3) is 0 Å². The minimum Gasteiger partial charge on any atom is -0.380 e. The fraction of sp³-hybridized carbons (Fsp3) is 0.700. The highest BCUT2D eigenvalue weighted by Crippen LogP contribution is 2.52. The quantitative estimate of drug-likeness (QED) is 0.846. The van der Waals surface area contributed by atoms with Crippen LogP contribution in [-0.4, -0.2) is 55.2 Å². The zero-order valence-corrected chi connectivity index (χ0v) is 16.7. The van der Waals surface area contributed by atoms with E-state index < -0.39 is 5.91 Å². The van der Waals surface area contributed by atoms with E-state index in [0.717, 1.165) is 51.1 Å². The summed E-state index contributed by atoms with van der Waals surface area (Å²) < 4.78 is 12.0. The van der Waals surface area contributed by atoms with Crippen molar-refractivity contribution in [2.45, 2.75) is 43.7 Å². The lowest BCUT2D eigenvalue weighted by molar-refractivity contribution is -0.179. The third-order valence-electron chi connectivity index (χ3n) is 6.68. The normalized spacial score (nSPS) is 33.9.